The van der Waals surface area contributed by atoms with Gasteiger partial charge in [0, 0.05) is 20.4 Å². The summed E-state index contributed by atoms with van der Waals surface area (Å²) in [5.74, 6) is 1.06. The third kappa shape index (κ3) is 53.0. The minimum Gasteiger partial charge on any atom is -0.0683 e. The molecule has 0 aromatic rings. The zero-order valence-electron chi connectivity index (χ0n) is 12.7. The van der Waals surface area contributed by atoms with E-state index >= 15 is 0 Å². The third-order valence-corrected chi connectivity index (χ3v) is 1.39. The van der Waals surface area contributed by atoms with Gasteiger partial charge in [0.1, 0.15) is 0 Å². The van der Waals surface area contributed by atoms with Crippen LogP contribution in [0.2, 0.25) is 0 Å². The first kappa shape index (κ1) is 29.6. The van der Waals surface area contributed by atoms with E-state index in [2.05, 4.69) is 20.8 Å². The molecule has 0 unspecified atom stereocenters. The van der Waals surface area contributed by atoms with Crippen molar-refractivity contribution in [1.29, 1.82) is 0 Å². The summed E-state index contributed by atoms with van der Waals surface area (Å²) in [5.41, 5.74) is 0. The first-order chi connectivity index (χ1) is 6.81. The predicted molar refractivity (Wildman–Crippen MR) is 73.0 cm³/mol. The topological polar surface area (TPSA) is 0 Å². The van der Waals surface area contributed by atoms with E-state index in [0.29, 0.717) is 0 Å². The van der Waals surface area contributed by atoms with Crippen molar-refractivity contribution in [2.75, 3.05) is 0 Å². The average molecular weight is 311 g/mol. The number of hydrogen-bond acceptors (Lipinski definition) is 0. The monoisotopic (exact) mass is 310 g/mol. The van der Waals surface area contributed by atoms with Crippen LogP contribution in [0, 0.1) is 5.92 Å². The molecule has 0 nitrogen and oxygen atoms in total. The van der Waals surface area contributed by atoms with Crippen molar-refractivity contribution >= 4 is 0 Å². The van der Waals surface area contributed by atoms with Crippen molar-refractivity contribution in [2.24, 2.45) is 5.92 Å². The van der Waals surface area contributed by atoms with E-state index in [9.17, 15) is 0 Å². The Labute approximate surface area is 114 Å². The van der Waals surface area contributed by atoms with E-state index in [1.165, 1.54) is 25.7 Å². The maximum Gasteiger partial charge on any atom is 0 e. The van der Waals surface area contributed by atoms with Crippen LogP contribution in [-0.4, -0.2) is 0 Å². The Morgan fingerprint density at radius 3 is 0.933 bits per heavy atom. The van der Waals surface area contributed by atoms with Crippen LogP contribution >= 0.6 is 0 Å². The predicted octanol–water partition coefficient (Wildman–Crippen LogP) is 6.30. The molecule has 0 spiro atoms. The molecule has 1 aliphatic carbocycles. The zero-order valence-corrected chi connectivity index (χ0v) is 14.3. The Morgan fingerprint density at radius 2 is 0.933 bits per heavy atom. The third-order valence-electron chi connectivity index (χ3n) is 1.39. The molecule has 15 heavy (non-hydrogen) atoms. The fourth-order valence-corrected chi connectivity index (χ4v) is 0.612. The van der Waals surface area contributed by atoms with Gasteiger partial charge < -0.3 is 0 Å². The molecular formula is C14H36Pd. The molecule has 1 fully saturated rings. The van der Waals surface area contributed by atoms with Gasteiger partial charge in [-0.3, -0.25) is 0 Å². The van der Waals surface area contributed by atoms with Gasteiger partial charge in [0.15, 0.2) is 0 Å². The van der Waals surface area contributed by atoms with Crippen LogP contribution in [-0.2, 0) is 20.4 Å². The maximum atomic E-state index is 2.31. The van der Waals surface area contributed by atoms with E-state index in [-0.39, 0.29) is 20.4 Å². The van der Waals surface area contributed by atoms with Crippen molar-refractivity contribution in [3.05, 3.63) is 0 Å². The standard InChI is InChI=1S/C5H10.C3H8.3C2H6.Pd/c1-5-3-2-4-5;1-3-2;3*1-2;/h5H,2-4H2,1H3;3H2,1-2H3;3*1-2H3;. The quantitative estimate of drug-likeness (QED) is 0.461. The smallest absolute Gasteiger partial charge is 0 e. The molecule has 0 aromatic carbocycles. The maximum absolute atomic E-state index is 2.31. The Kier molecular flexibility index (Phi) is 92.0. The second kappa shape index (κ2) is 46.6. The summed E-state index contributed by atoms with van der Waals surface area (Å²) in [5, 5.41) is 0. The van der Waals surface area contributed by atoms with E-state index in [1.54, 1.807) is 0 Å². The van der Waals surface area contributed by atoms with E-state index in [1.807, 2.05) is 41.5 Å². The summed E-state index contributed by atoms with van der Waals surface area (Å²) in [7, 11) is 0. The molecule has 1 rings (SSSR count). The minimum absolute atomic E-state index is 0. The van der Waals surface area contributed by atoms with Gasteiger partial charge in [-0.1, -0.05) is 88.0 Å². The molecule has 0 radical (unpaired) electrons. The van der Waals surface area contributed by atoms with Crippen LogP contribution in [0.4, 0.5) is 0 Å². The number of hydrogen-bond donors (Lipinski definition) is 0. The molecule has 1 heteroatoms. The van der Waals surface area contributed by atoms with Crippen LogP contribution in [0.15, 0.2) is 0 Å². The SMILES string of the molecule is CC.CC.CC.CC1CCC1.CCC.[Pd]. The fourth-order valence-electron chi connectivity index (χ4n) is 0.612. The van der Waals surface area contributed by atoms with Gasteiger partial charge in [0.2, 0.25) is 0 Å². The molecular weight excluding hydrogens is 275 g/mol. The summed E-state index contributed by atoms with van der Waals surface area (Å²) >= 11 is 0. The van der Waals surface area contributed by atoms with Crippen molar-refractivity contribution in [3.8, 4) is 0 Å². The summed E-state index contributed by atoms with van der Waals surface area (Å²) in [4.78, 5) is 0. The van der Waals surface area contributed by atoms with E-state index in [4.69, 9.17) is 0 Å². The molecule has 0 heterocycles. The summed E-state index contributed by atoms with van der Waals surface area (Å²) in [6, 6.07) is 0. The summed E-state index contributed by atoms with van der Waals surface area (Å²) in [6.07, 6.45) is 5.71. The van der Waals surface area contributed by atoms with Gasteiger partial charge in [-0.2, -0.15) is 0 Å². The fraction of sp³-hybridized carbons (Fsp3) is 1.00. The van der Waals surface area contributed by atoms with Crippen LogP contribution in [0.1, 0.15) is 88.0 Å². The first-order valence-electron chi connectivity index (χ1n) is 6.81. The first-order valence-corrected chi connectivity index (χ1v) is 6.81. The van der Waals surface area contributed by atoms with Gasteiger partial charge in [-0.15, -0.1) is 0 Å². The van der Waals surface area contributed by atoms with Crippen LogP contribution < -0.4 is 0 Å². The molecule has 1 saturated carbocycles. The molecule has 1 aliphatic rings. The van der Waals surface area contributed by atoms with Gasteiger partial charge in [-0.25, -0.2) is 0 Å². The van der Waals surface area contributed by atoms with Gasteiger partial charge in [-0.05, 0) is 5.92 Å². The molecule has 0 amide bonds. The van der Waals surface area contributed by atoms with Crippen molar-refractivity contribution < 1.29 is 20.4 Å². The molecule has 0 aromatic heterocycles. The minimum atomic E-state index is 0. The Bertz CT molecular complexity index is 40.6. The molecule has 0 N–H and O–H groups in total. The molecule has 0 bridgehead atoms. The summed E-state index contributed by atoms with van der Waals surface area (Å²) in [6.45, 7) is 18.6. The van der Waals surface area contributed by atoms with Gasteiger partial charge >= 0.3 is 0 Å². The van der Waals surface area contributed by atoms with Crippen molar-refractivity contribution in [1.82, 2.24) is 0 Å². The largest absolute Gasteiger partial charge is 0.0683 e. The Balaban J connectivity index is -0.0000000299. The van der Waals surface area contributed by atoms with Crippen molar-refractivity contribution in [3.63, 3.8) is 0 Å². The zero-order chi connectivity index (χ0) is 12.4. The van der Waals surface area contributed by atoms with Gasteiger partial charge in [0.05, 0.1) is 0 Å². The van der Waals surface area contributed by atoms with E-state index in [0.717, 1.165) is 5.92 Å². The van der Waals surface area contributed by atoms with Gasteiger partial charge in [0.25, 0.3) is 0 Å². The summed E-state index contributed by atoms with van der Waals surface area (Å²) < 4.78 is 0. The average Bonchev–Trinajstić information content (AvgIpc) is 2.25. The van der Waals surface area contributed by atoms with Crippen LogP contribution in [0.3, 0.4) is 0 Å². The molecule has 102 valence electrons. The normalized spacial score (nSPS) is 11.0. The van der Waals surface area contributed by atoms with Crippen LogP contribution in [0.25, 0.3) is 0 Å². The molecule has 0 aliphatic heterocycles. The van der Waals surface area contributed by atoms with Crippen LogP contribution in [0.5, 0.6) is 0 Å². The Morgan fingerprint density at radius 1 is 0.800 bits per heavy atom. The van der Waals surface area contributed by atoms with E-state index < -0.39 is 0 Å². The molecule has 0 saturated heterocycles. The second-order valence-corrected chi connectivity index (χ2v) is 2.74. The van der Waals surface area contributed by atoms with Crippen molar-refractivity contribution in [2.45, 2.75) is 88.0 Å². The second-order valence-electron chi connectivity index (χ2n) is 2.74. The number of rotatable bonds is 0. The molecule has 0 atom stereocenters. The Hall–Kier alpha value is 0.662.